The fraction of sp³-hybridized carbons (Fsp3) is 0.938. The van der Waals surface area contributed by atoms with Crippen LogP contribution < -0.4 is 15.1 Å². The molecule has 0 aliphatic heterocycles. The number of aromatic nitrogens is 3. The number of rotatable bonds is 34. The van der Waals surface area contributed by atoms with E-state index in [1.54, 1.807) is 0 Å². The van der Waals surface area contributed by atoms with Crippen molar-refractivity contribution < 1.29 is 4.84 Å². The summed E-state index contributed by atoms with van der Waals surface area (Å²) in [4.78, 5) is 29.8. The summed E-state index contributed by atoms with van der Waals surface area (Å²) in [7, 11) is 6.25. The zero-order valence-electron chi connectivity index (χ0n) is 41.2. The molecule has 0 saturated heterocycles. The molecule has 0 bridgehead atoms. The van der Waals surface area contributed by atoms with Crippen LogP contribution in [0.3, 0.4) is 0 Å². The van der Waals surface area contributed by atoms with E-state index in [0.717, 1.165) is 88.8 Å². The number of unbranched alkanes of at least 4 members (excludes halogenated alkanes) is 6. The molecule has 1 heterocycles. The Hall–Kier alpha value is -1.71. The molecule has 1 rings (SSSR count). The highest BCUT2D eigenvalue weighted by Crippen LogP contribution is 2.34. The second-order valence-corrected chi connectivity index (χ2v) is 19.7. The normalized spacial score (nSPS) is 14.5. The topological polar surface area (TPSA) is 72.9 Å². The van der Waals surface area contributed by atoms with Gasteiger partial charge in [-0.05, 0) is 105 Å². The Balaban J connectivity index is 3.56. The van der Waals surface area contributed by atoms with Crippen molar-refractivity contribution in [2.24, 2.45) is 11.8 Å². The van der Waals surface area contributed by atoms with E-state index in [1.165, 1.54) is 64.2 Å². The quantitative estimate of drug-likeness (QED) is 0.0541. The maximum atomic E-state index is 6.69. The zero-order valence-corrected chi connectivity index (χ0v) is 41.2. The Kier molecular flexibility index (Phi) is 25.4. The minimum Gasteiger partial charge on any atom is -0.357 e. The smallest absolute Gasteiger partial charge is 0.231 e. The van der Waals surface area contributed by atoms with Gasteiger partial charge in [0, 0.05) is 63.4 Å². The number of hydroxylamine groups is 2. The second kappa shape index (κ2) is 27.2. The van der Waals surface area contributed by atoms with Gasteiger partial charge in [-0.1, -0.05) is 120 Å². The number of hydrogen-bond acceptors (Lipinski definition) is 9. The number of hydrogen-bond donors (Lipinski definition) is 1. The maximum absolute atomic E-state index is 6.69. The summed E-state index contributed by atoms with van der Waals surface area (Å²) in [5.74, 6) is 3.41. The van der Waals surface area contributed by atoms with Crippen molar-refractivity contribution in [3.63, 3.8) is 0 Å². The lowest BCUT2D eigenvalue weighted by molar-refractivity contribution is -0.235. The van der Waals surface area contributed by atoms with Crippen LogP contribution in [0.1, 0.15) is 213 Å². The van der Waals surface area contributed by atoms with Gasteiger partial charge < -0.3 is 15.1 Å². The van der Waals surface area contributed by atoms with Gasteiger partial charge >= 0.3 is 0 Å². The van der Waals surface area contributed by atoms with E-state index in [2.05, 4.69) is 136 Å². The number of anilines is 3. The highest BCUT2D eigenvalue weighted by atomic mass is 16.7. The molecule has 1 aromatic rings. The summed E-state index contributed by atoms with van der Waals surface area (Å²) in [6.45, 7) is 36.1. The maximum Gasteiger partial charge on any atom is 0.231 e. The summed E-state index contributed by atoms with van der Waals surface area (Å²) >= 11 is 0. The predicted octanol–water partition coefficient (Wildman–Crippen LogP) is 12.8. The number of nitrogens with one attached hydrogen (secondary N) is 1. The summed E-state index contributed by atoms with van der Waals surface area (Å²) in [6, 6.07) is 0.219. The standard InChI is InChI=1S/C48H98N8O/c1-18-24-27-29-34-55(35-33-47(11,12)56(46(9,10)23-6)38-40(22-5)31-28-25-19-2)45-51-43(49-15)50-44(52-45)53(16)41(36-39(7)8)37-48(13,14)54(17)57-42(30-21-4)32-26-20-3/h39-42H,18-38H2,1-17H3,(H,49,50,51,52). The van der Waals surface area contributed by atoms with Gasteiger partial charge in [-0.3, -0.25) is 9.74 Å². The van der Waals surface area contributed by atoms with Gasteiger partial charge in [-0.15, -0.1) is 0 Å². The van der Waals surface area contributed by atoms with E-state index in [0.29, 0.717) is 11.9 Å². The minimum atomic E-state index is -0.185. The first-order valence-corrected chi connectivity index (χ1v) is 24.0. The molecule has 3 atom stereocenters. The second-order valence-electron chi connectivity index (χ2n) is 19.7. The van der Waals surface area contributed by atoms with Crippen LogP contribution in [0.2, 0.25) is 0 Å². The molecule has 0 fully saturated rings. The lowest BCUT2D eigenvalue weighted by atomic mass is 9.85. The fourth-order valence-electron chi connectivity index (χ4n) is 8.38. The molecule has 1 N–H and O–H groups in total. The Morgan fingerprint density at radius 1 is 0.667 bits per heavy atom. The summed E-state index contributed by atoms with van der Waals surface area (Å²) < 4.78 is 0. The van der Waals surface area contributed by atoms with Crippen LogP contribution in [0.25, 0.3) is 0 Å². The molecule has 9 nitrogen and oxygen atoms in total. The van der Waals surface area contributed by atoms with Crippen LogP contribution >= 0.6 is 0 Å². The van der Waals surface area contributed by atoms with Crippen LogP contribution in [0, 0.1) is 11.8 Å². The Morgan fingerprint density at radius 3 is 1.86 bits per heavy atom. The van der Waals surface area contributed by atoms with Gasteiger partial charge in [-0.25, -0.2) is 0 Å². The van der Waals surface area contributed by atoms with E-state index in [1.807, 2.05) is 7.05 Å². The molecule has 57 heavy (non-hydrogen) atoms. The monoisotopic (exact) mass is 803 g/mol. The van der Waals surface area contributed by atoms with Crippen molar-refractivity contribution in [2.45, 2.75) is 241 Å². The highest BCUT2D eigenvalue weighted by Gasteiger charge is 2.38. The average molecular weight is 803 g/mol. The first-order chi connectivity index (χ1) is 26.9. The largest absolute Gasteiger partial charge is 0.357 e. The first kappa shape index (κ1) is 53.3. The van der Waals surface area contributed by atoms with E-state index < -0.39 is 0 Å². The molecule has 0 spiro atoms. The van der Waals surface area contributed by atoms with E-state index in [4.69, 9.17) is 19.8 Å². The molecule has 0 aromatic carbocycles. The lowest BCUT2D eigenvalue weighted by Crippen LogP contribution is -2.57. The molecule has 9 heteroatoms. The third-order valence-corrected chi connectivity index (χ3v) is 12.9. The zero-order chi connectivity index (χ0) is 43.2. The highest BCUT2D eigenvalue weighted by molar-refractivity contribution is 5.45. The van der Waals surface area contributed by atoms with Crippen molar-refractivity contribution in [3.8, 4) is 0 Å². The van der Waals surface area contributed by atoms with Crippen molar-refractivity contribution in [3.05, 3.63) is 0 Å². The van der Waals surface area contributed by atoms with Gasteiger partial charge in [0.1, 0.15) is 0 Å². The van der Waals surface area contributed by atoms with Gasteiger partial charge in [0.2, 0.25) is 17.8 Å². The fourth-order valence-corrected chi connectivity index (χ4v) is 8.38. The summed E-state index contributed by atoms with van der Waals surface area (Å²) in [5, 5.41) is 5.46. The van der Waals surface area contributed by atoms with Crippen LogP contribution in [0.5, 0.6) is 0 Å². The first-order valence-electron chi connectivity index (χ1n) is 24.0. The van der Waals surface area contributed by atoms with E-state index >= 15 is 0 Å². The van der Waals surface area contributed by atoms with Crippen LogP contribution in [0.15, 0.2) is 0 Å². The van der Waals surface area contributed by atoms with Gasteiger partial charge in [0.05, 0.1) is 6.10 Å². The minimum absolute atomic E-state index is 0.00651. The molecule has 3 unspecified atom stereocenters. The number of nitrogens with zero attached hydrogens (tertiary/aromatic N) is 7. The van der Waals surface area contributed by atoms with E-state index in [9.17, 15) is 0 Å². The summed E-state index contributed by atoms with van der Waals surface area (Å²) in [5.41, 5.74) is -0.0667. The molecule has 0 amide bonds. The molecular formula is C48H98N8O. The molecule has 1 aromatic heterocycles. The average Bonchev–Trinajstić information content (AvgIpc) is 3.16. The van der Waals surface area contributed by atoms with Crippen molar-refractivity contribution in [1.82, 2.24) is 24.9 Å². The van der Waals surface area contributed by atoms with Crippen molar-refractivity contribution >= 4 is 17.8 Å². The third-order valence-electron chi connectivity index (χ3n) is 12.9. The van der Waals surface area contributed by atoms with E-state index in [-0.39, 0.29) is 28.8 Å². The SMILES string of the molecule is CCCCCCN(CCC(C)(C)N(CC(CC)CCCCC)C(C)(C)CC)c1nc(NC)nc(N(C)C(CC(C)C)CC(C)(C)N(C)OC(CCC)CCCC)n1. The Morgan fingerprint density at radius 2 is 1.30 bits per heavy atom. The van der Waals surface area contributed by atoms with Gasteiger partial charge in [0.15, 0.2) is 0 Å². The van der Waals surface area contributed by atoms with Crippen LogP contribution in [0.4, 0.5) is 17.8 Å². The third kappa shape index (κ3) is 19.0. The lowest BCUT2D eigenvalue weighted by Gasteiger charge is -2.50. The predicted molar refractivity (Wildman–Crippen MR) is 251 cm³/mol. The van der Waals surface area contributed by atoms with Crippen molar-refractivity contribution in [2.75, 3.05) is 55.9 Å². The summed E-state index contributed by atoms with van der Waals surface area (Å²) in [6.07, 6.45) is 21.5. The Labute approximate surface area is 355 Å². The van der Waals surface area contributed by atoms with Crippen molar-refractivity contribution in [1.29, 1.82) is 0 Å². The molecular weight excluding hydrogens is 705 g/mol. The molecule has 336 valence electrons. The molecule has 0 radical (unpaired) electrons. The van der Waals surface area contributed by atoms with Crippen LogP contribution in [-0.2, 0) is 4.84 Å². The molecule has 0 saturated carbocycles. The van der Waals surface area contributed by atoms with Crippen LogP contribution in [-0.4, -0.2) is 94.5 Å². The molecule has 0 aliphatic rings. The van der Waals surface area contributed by atoms with Gasteiger partial charge in [-0.2, -0.15) is 20.0 Å². The molecule has 0 aliphatic carbocycles. The van der Waals surface area contributed by atoms with Gasteiger partial charge in [0.25, 0.3) is 0 Å². The Bertz CT molecular complexity index is 1170.